The molecular formula is C20H26F2N4O2. The highest BCUT2D eigenvalue weighted by atomic mass is 19.3. The van der Waals surface area contributed by atoms with E-state index in [1.54, 1.807) is 16.9 Å². The van der Waals surface area contributed by atoms with Crippen molar-refractivity contribution in [3.05, 3.63) is 30.0 Å². The number of amides is 1. The standard InChI is InChI=1S/C20H26F2N4O2/c1-28-10-9-26-8-4-7-19(18(26)27)12-20(21,22)14-25(13-19)11-17-15-5-2-3-6-16(15)23-24-17/h2-3,5-6H,4,7-14H2,1H3,(H,23,24)/t19-/m1/s1. The molecule has 2 fully saturated rings. The third kappa shape index (κ3) is 3.63. The molecule has 1 aromatic carbocycles. The predicted molar refractivity (Wildman–Crippen MR) is 101 cm³/mol. The van der Waals surface area contributed by atoms with Gasteiger partial charge in [-0.25, -0.2) is 8.78 Å². The van der Waals surface area contributed by atoms with E-state index >= 15 is 0 Å². The third-order valence-electron chi connectivity index (χ3n) is 5.89. The van der Waals surface area contributed by atoms with E-state index in [0.717, 1.165) is 23.0 Å². The van der Waals surface area contributed by atoms with Crippen molar-refractivity contribution >= 4 is 16.8 Å². The maximum atomic E-state index is 14.7. The molecule has 2 aromatic rings. The fourth-order valence-electron chi connectivity index (χ4n) is 4.77. The third-order valence-corrected chi connectivity index (χ3v) is 5.89. The normalized spacial score (nSPS) is 25.7. The highest BCUT2D eigenvalue weighted by molar-refractivity contribution is 5.84. The van der Waals surface area contributed by atoms with Gasteiger partial charge < -0.3 is 9.64 Å². The van der Waals surface area contributed by atoms with Crippen LogP contribution < -0.4 is 0 Å². The Hall–Kier alpha value is -2.06. The molecule has 1 aromatic heterocycles. The fourth-order valence-corrected chi connectivity index (χ4v) is 4.77. The lowest BCUT2D eigenvalue weighted by Gasteiger charge is -2.49. The summed E-state index contributed by atoms with van der Waals surface area (Å²) >= 11 is 0. The van der Waals surface area contributed by atoms with Crippen LogP contribution in [0.15, 0.2) is 24.3 Å². The van der Waals surface area contributed by atoms with E-state index in [-0.39, 0.29) is 18.9 Å². The van der Waals surface area contributed by atoms with Gasteiger partial charge in [0.15, 0.2) is 0 Å². The zero-order valence-corrected chi connectivity index (χ0v) is 16.1. The summed E-state index contributed by atoms with van der Waals surface area (Å²) < 4.78 is 34.5. The Bertz CT molecular complexity index is 856. The number of methoxy groups -OCH3 is 1. The fraction of sp³-hybridized carbons (Fsp3) is 0.600. The van der Waals surface area contributed by atoms with Crippen LogP contribution in [0.5, 0.6) is 0 Å². The molecule has 152 valence electrons. The number of H-pyrrole nitrogens is 1. The number of hydrogen-bond donors (Lipinski definition) is 1. The lowest BCUT2D eigenvalue weighted by molar-refractivity contribution is -0.170. The molecular weight excluding hydrogens is 366 g/mol. The van der Waals surface area contributed by atoms with Gasteiger partial charge in [-0.3, -0.25) is 14.8 Å². The second-order valence-electron chi connectivity index (χ2n) is 8.07. The molecule has 1 atom stereocenters. The number of hydrogen-bond acceptors (Lipinski definition) is 4. The highest BCUT2D eigenvalue weighted by Crippen LogP contribution is 2.45. The lowest BCUT2D eigenvalue weighted by Crippen LogP contribution is -2.61. The highest BCUT2D eigenvalue weighted by Gasteiger charge is 2.55. The van der Waals surface area contributed by atoms with Crippen LogP contribution in [-0.2, 0) is 16.1 Å². The number of likely N-dealkylation sites (tertiary alicyclic amines) is 2. The van der Waals surface area contributed by atoms with Crippen LogP contribution in [0.25, 0.3) is 10.9 Å². The first-order valence-electron chi connectivity index (χ1n) is 9.73. The van der Waals surface area contributed by atoms with Crippen molar-refractivity contribution in [3.8, 4) is 0 Å². The number of ether oxygens (including phenoxy) is 1. The molecule has 0 bridgehead atoms. The van der Waals surface area contributed by atoms with Gasteiger partial charge in [0.25, 0.3) is 5.92 Å². The number of piperidine rings is 2. The predicted octanol–water partition coefficient (Wildman–Crippen LogP) is 2.66. The second kappa shape index (κ2) is 7.40. The number of nitrogens with one attached hydrogen (secondary N) is 1. The number of fused-ring (bicyclic) bond motifs is 1. The summed E-state index contributed by atoms with van der Waals surface area (Å²) in [7, 11) is 1.58. The summed E-state index contributed by atoms with van der Waals surface area (Å²) in [5.74, 6) is -3.05. The van der Waals surface area contributed by atoms with Crippen LogP contribution in [0.2, 0.25) is 0 Å². The quantitative estimate of drug-likeness (QED) is 0.850. The number of carbonyl (C=O) groups excluding carboxylic acids is 1. The van der Waals surface area contributed by atoms with Gasteiger partial charge in [-0.15, -0.1) is 0 Å². The number of rotatable bonds is 5. The van der Waals surface area contributed by atoms with E-state index in [1.165, 1.54) is 0 Å². The SMILES string of the molecule is COCCN1CCC[C@@]2(CN(Cc3[nH]nc4ccccc34)CC(F)(F)C2)C1=O. The number of aromatic nitrogens is 2. The molecule has 2 saturated heterocycles. The van der Waals surface area contributed by atoms with Crippen molar-refractivity contribution in [3.63, 3.8) is 0 Å². The summed E-state index contributed by atoms with van der Waals surface area (Å²) in [6.07, 6.45) is 0.875. The summed E-state index contributed by atoms with van der Waals surface area (Å²) in [5.41, 5.74) is 0.599. The van der Waals surface area contributed by atoms with E-state index in [1.807, 2.05) is 24.3 Å². The van der Waals surface area contributed by atoms with Crippen LogP contribution in [0, 0.1) is 5.41 Å². The van der Waals surface area contributed by atoms with Gasteiger partial charge in [-0.2, -0.15) is 5.10 Å². The van der Waals surface area contributed by atoms with Gasteiger partial charge in [-0.05, 0) is 18.9 Å². The van der Waals surface area contributed by atoms with Crippen molar-refractivity contribution in [2.45, 2.75) is 31.7 Å². The molecule has 0 unspecified atom stereocenters. The average molecular weight is 392 g/mol. The van der Waals surface area contributed by atoms with Crippen LogP contribution in [0.3, 0.4) is 0 Å². The summed E-state index contributed by atoms with van der Waals surface area (Å²) in [6.45, 7) is 1.81. The van der Waals surface area contributed by atoms with Gasteiger partial charge >= 0.3 is 0 Å². The van der Waals surface area contributed by atoms with E-state index in [9.17, 15) is 13.6 Å². The first-order chi connectivity index (χ1) is 13.4. The molecule has 0 aliphatic carbocycles. The number of para-hydroxylation sites is 1. The molecule has 2 aliphatic rings. The van der Waals surface area contributed by atoms with Crippen molar-refractivity contribution < 1.29 is 18.3 Å². The number of alkyl halides is 2. The Labute approximate surface area is 162 Å². The first kappa shape index (κ1) is 19.3. The number of nitrogens with zero attached hydrogens (tertiary/aromatic N) is 3. The molecule has 8 heteroatoms. The molecule has 28 heavy (non-hydrogen) atoms. The van der Waals surface area contributed by atoms with Crippen LogP contribution in [0.1, 0.15) is 25.0 Å². The summed E-state index contributed by atoms with van der Waals surface area (Å²) in [5, 5.41) is 8.17. The molecule has 0 radical (unpaired) electrons. The molecule has 1 amide bonds. The van der Waals surface area contributed by atoms with Crippen molar-refractivity contribution in [1.82, 2.24) is 20.0 Å². The average Bonchev–Trinajstić information content (AvgIpc) is 3.05. The Balaban J connectivity index is 1.57. The molecule has 0 saturated carbocycles. The summed E-state index contributed by atoms with van der Waals surface area (Å²) in [6, 6.07) is 7.63. The smallest absolute Gasteiger partial charge is 0.261 e. The minimum Gasteiger partial charge on any atom is -0.383 e. The lowest BCUT2D eigenvalue weighted by atomic mass is 9.71. The monoisotopic (exact) mass is 392 g/mol. The molecule has 2 aliphatic heterocycles. The molecule has 1 spiro atoms. The van der Waals surface area contributed by atoms with Crippen LogP contribution in [-0.4, -0.2) is 71.7 Å². The van der Waals surface area contributed by atoms with Crippen molar-refractivity contribution in [1.29, 1.82) is 0 Å². The molecule has 3 heterocycles. The van der Waals surface area contributed by atoms with Gasteiger partial charge in [-0.1, -0.05) is 18.2 Å². The molecule has 1 N–H and O–H groups in total. The van der Waals surface area contributed by atoms with E-state index < -0.39 is 11.3 Å². The Morgan fingerprint density at radius 3 is 2.93 bits per heavy atom. The topological polar surface area (TPSA) is 61.5 Å². The van der Waals surface area contributed by atoms with Crippen LogP contribution >= 0.6 is 0 Å². The minimum atomic E-state index is -2.89. The number of aromatic amines is 1. The van der Waals surface area contributed by atoms with Gasteiger partial charge in [0, 0.05) is 45.1 Å². The zero-order valence-electron chi connectivity index (χ0n) is 16.1. The number of benzene rings is 1. The number of carbonyl (C=O) groups is 1. The summed E-state index contributed by atoms with van der Waals surface area (Å²) in [4.78, 5) is 16.5. The Morgan fingerprint density at radius 1 is 1.29 bits per heavy atom. The maximum Gasteiger partial charge on any atom is 0.261 e. The van der Waals surface area contributed by atoms with Gasteiger partial charge in [0.1, 0.15) is 0 Å². The largest absolute Gasteiger partial charge is 0.383 e. The zero-order chi connectivity index (χ0) is 19.8. The maximum absolute atomic E-state index is 14.7. The number of halogens is 2. The van der Waals surface area contributed by atoms with Crippen molar-refractivity contribution in [2.24, 2.45) is 5.41 Å². The first-order valence-corrected chi connectivity index (χ1v) is 9.73. The minimum absolute atomic E-state index is 0.158. The Morgan fingerprint density at radius 2 is 2.11 bits per heavy atom. The van der Waals surface area contributed by atoms with E-state index in [2.05, 4.69) is 10.2 Å². The van der Waals surface area contributed by atoms with E-state index in [4.69, 9.17) is 4.74 Å². The van der Waals surface area contributed by atoms with Crippen LogP contribution in [0.4, 0.5) is 8.78 Å². The Kier molecular flexibility index (Phi) is 5.09. The second-order valence-corrected chi connectivity index (χ2v) is 8.07. The van der Waals surface area contributed by atoms with Gasteiger partial charge in [0.05, 0.1) is 29.8 Å². The van der Waals surface area contributed by atoms with E-state index in [0.29, 0.717) is 39.2 Å². The van der Waals surface area contributed by atoms with Crippen molar-refractivity contribution in [2.75, 3.05) is 39.9 Å². The van der Waals surface area contributed by atoms with Gasteiger partial charge in [0.2, 0.25) is 5.91 Å². The molecule has 6 nitrogen and oxygen atoms in total. The molecule has 4 rings (SSSR count).